The molecule has 0 unspecified atom stereocenters. The molecule has 0 fully saturated rings. The Kier molecular flexibility index (Phi) is 5.67. The summed E-state index contributed by atoms with van der Waals surface area (Å²) >= 11 is 12.0. The highest BCUT2D eigenvalue weighted by Crippen LogP contribution is 2.37. The van der Waals surface area contributed by atoms with Gasteiger partial charge in [0, 0.05) is 0 Å². The van der Waals surface area contributed by atoms with E-state index in [9.17, 15) is 14.0 Å². The molecule has 0 amide bonds. The molecule has 3 rings (SSSR count). The van der Waals surface area contributed by atoms with Crippen LogP contribution in [0.2, 0.25) is 10.0 Å². The largest absolute Gasteiger partial charge is 0.465 e. The van der Waals surface area contributed by atoms with Crippen LogP contribution in [0.4, 0.5) is 4.39 Å². The lowest BCUT2D eigenvalue weighted by atomic mass is 10.0. The van der Waals surface area contributed by atoms with E-state index in [2.05, 4.69) is 5.10 Å². The molecule has 0 radical (unpaired) electrons. The number of benzene rings is 2. The van der Waals surface area contributed by atoms with Crippen molar-refractivity contribution in [3.05, 3.63) is 69.6 Å². The number of ether oxygens (including phenoxy) is 2. The van der Waals surface area contributed by atoms with Gasteiger partial charge in [-0.05, 0) is 24.3 Å². The second-order valence-electron chi connectivity index (χ2n) is 5.52. The van der Waals surface area contributed by atoms with Gasteiger partial charge in [0.1, 0.15) is 11.3 Å². The first-order valence-electron chi connectivity index (χ1n) is 7.89. The van der Waals surface area contributed by atoms with Crippen LogP contribution in [0.1, 0.15) is 20.8 Å². The summed E-state index contributed by atoms with van der Waals surface area (Å²) in [5, 5.41) is 4.02. The third-order valence-electron chi connectivity index (χ3n) is 3.94. The predicted octanol–water partition coefficient (Wildman–Crippen LogP) is 4.56. The summed E-state index contributed by atoms with van der Waals surface area (Å²) in [6.45, 7) is 0. The van der Waals surface area contributed by atoms with Gasteiger partial charge < -0.3 is 9.47 Å². The molecule has 0 atom stereocenters. The maximum atomic E-state index is 14.8. The van der Waals surface area contributed by atoms with Crippen molar-refractivity contribution < 1.29 is 23.5 Å². The van der Waals surface area contributed by atoms with E-state index in [1.54, 1.807) is 30.3 Å². The zero-order chi connectivity index (χ0) is 20.4. The molecule has 28 heavy (non-hydrogen) atoms. The van der Waals surface area contributed by atoms with Crippen molar-refractivity contribution >= 4 is 35.1 Å². The lowest BCUT2D eigenvalue weighted by molar-refractivity contribution is 0.0549. The second-order valence-corrected chi connectivity index (χ2v) is 6.34. The maximum absolute atomic E-state index is 14.8. The van der Waals surface area contributed by atoms with Gasteiger partial charge in [-0.1, -0.05) is 41.4 Å². The number of nitrogens with zero attached hydrogens (tertiary/aromatic N) is 2. The Morgan fingerprint density at radius 3 is 2.18 bits per heavy atom. The first kappa shape index (κ1) is 19.9. The number of para-hydroxylation sites is 1. The van der Waals surface area contributed by atoms with Crippen LogP contribution in [0, 0.1) is 5.82 Å². The number of aromatic nitrogens is 2. The van der Waals surface area contributed by atoms with Crippen LogP contribution in [0.15, 0.2) is 42.5 Å². The SMILES string of the molecule is COC(=O)c1c(-c2c(Cl)ccc(Cl)c2F)nn(-c2ccccc2)c1C(=O)OC. The molecule has 0 aliphatic heterocycles. The van der Waals surface area contributed by atoms with Gasteiger partial charge in [-0.3, -0.25) is 0 Å². The van der Waals surface area contributed by atoms with Crippen LogP contribution < -0.4 is 0 Å². The van der Waals surface area contributed by atoms with Gasteiger partial charge in [0.15, 0.2) is 11.5 Å². The van der Waals surface area contributed by atoms with Gasteiger partial charge in [-0.25, -0.2) is 18.7 Å². The number of hydrogen-bond acceptors (Lipinski definition) is 5. The minimum atomic E-state index is -0.909. The van der Waals surface area contributed by atoms with E-state index in [1.807, 2.05) is 0 Å². The Labute approximate surface area is 169 Å². The van der Waals surface area contributed by atoms with E-state index < -0.39 is 17.8 Å². The number of carbonyl (C=O) groups is 2. The number of halogens is 3. The van der Waals surface area contributed by atoms with Crippen LogP contribution in [0.25, 0.3) is 16.9 Å². The quantitative estimate of drug-likeness (QED) is 0.455. The Morgan fingerprint density at radius 2 is 1.57 bits per heavy atom. The molecule has 144 valence electrons. The van der Waals surface area contributed by atoms with Crippen molar-refractivity contribution in [1.29, 1.82) is 0 Å². The monoisotopic (exact) mass is 422 g/mol. The summed E-state index contributed by atoms with van der Waals surface area (Å²) in [5.41, 5.74) is -0.499. The maximum Gasteiger partial charge on any atom is 0.357 e. The van der Waals surface area contributed by atoms with E-state index in [0.717, 1.165) is 14.2 Å². The first-order chi connectivity index (χ1) is 13.4. The van der Waals surface area contributed by atoms with Gasteiger partial charge in [-0.15, -0.1) is 0 Å². The van der Waals surface area contributed by atoms with Crippen LogP contribution >= 0.6 is 23.2 Å². The molecule has 0 saturated heterocycles. The number of methoxy groups -OCH3 is 2. The van der Waals surface area contributed by atoms with E-state index in [1.165, 1.54) is 16.8 Å². The molecule has 9 heteroatoms. The molecule has 6 nitrogen and oxygen atoms in total. The molecule has 0 saturated carbocycles. The molecule has 1 aromatic heterocycles. The number of carbonyl (C=O) groups excluding carboxylic acids is 2. The highest BCUT2D eigenvalue weighted by molar-refractivity contribution is 6.35. The third-order valence-corrected chi connectivity index (χ3v) is 4.54. The lowest BCUT2D eigenvalue weighted by Gasteiger charge is -2.07. The summed E-state index contributed by atoms with van der Waals surface area (Å²) in [6, 6.07) is 11.1. The Bertz CT molecular complexity index is 1070. The summed E-state index contributed by atoms with van der Waals surface area (Å²) in [6.07, 6.45) is 0. The van der Waals surface area contributed by atoms with Crippen molar-refractivity contribution in [3.8, 4) is 16.9 Å². The van der Waals surface area contributed by atoms with Gasteiger partial charge in [0.2, 0.25) is 0 Å². The van der Waals surface area contributed by atoms with Crippen LogP contribution in [0.3, 0.4) is 0 Å². The third kappa shape index (κ3) is 3.34. The minimum absolute atomic E-state index is 0.0406. The van der Waals surface area contributed by atoms with Crippen LogP contribution in [0.5, 0.6) is 0 Å². The van der Waals surface area contributed by atoms with Gasteiger partial charge in [0.05, 0.1) is 35.5 Å². The molecule has 0 N–H and O–H groups in total. The Balaban J connectivity index is 2.45. The van der Waals surface area contributed by atoms with Gasteiger partial charge >= 0.3 is 11.9 Å². The van der Waals surface area contributed by atoms with Crippen molar-refractivity contribution in [2.75, 3.05) is 14.2 Å². The van der Waals surface area contributed by atoms with Gasteiger partial charge in [0.25, 0.3) is 0 Å². The highest BCUT2D eigenvalue weighted by Gasteiger charge is 2.33. The van der Waals surface area contributed by atoms with E-state index in [0.29, 0.717) is 5.69 Å². The first-order valence-corrected chi connectivity index (χ1v) is 8.65. The molecule has 0 aliphatic carbocycles. The Hall–Kier alpha value is -2.90. The average molecular weight is 423 g/mol. The van der Waals surface area contributed by atoms with E-state index in [4.69, 9.17) is 32.7 Å². The summed E-state index contributed by atoms with van der Waals surface area (Å²) in [5.74, 6) is -2.65. The number of rotatable bonds is 4. The standard InChI is InChI=1S/C19H13Cl2FN2O4/c1-27-18(25)14-16(13-11(20)8-9-12(21)15(13)22)23-24(17(14)19(26)28-2)10-6-4-3-5-7-10/h3-9H,1-2H3. The average Bonchev–Trinajstić information content (AvgIpc) is 3.10. The zero-order valence-corrected chi connectivity index (χ0v) is 16.2. The summed E-state index contributed by atoms with van der Waals surface area (Å²) < 4.78 is 25.6. The zero-order valence-electron chi connectivity index (χ0n) is 14.7. The van der Waals surface area contributed by atoms with Crippen molar-refractivity contribution in [2.45, 2.75) is 0 Å². The smallest absolute Gasteiger partial charge is 0.357 e. The second kappa shape index (κ2) is 8.00. The van der Waals surface area contributed by atoms with E-state index in [-0.39, 0.29) is 32.6 Å². The number of esters is 2. The normalized spacial score (nSPS) is 10.6. The molecule has 1 heterocycles. The lowest BCUT2D eigenvalue weighted by Crippen LogP contribution is -2.15. The van der Waals surface area contributed by atoms with Gasteiger partial charge in [-0.2, -0.15) is 5.10 Å². The molecular formula is C19H13Cl2FN2O4. The topological polar surface area (TPSA) is 70.4 Å². The molecule has 3 aromatic rings. The van der Waals surface area contributed by atoms with Crippen LogP contribution in [-0.2, 0) is 9.47 Å². The highest BCUT2D eigenvalue weighted by atomic mass is 35.5. The molecule has 2 aromatic carbocycles. The fraction of sp³-hybridized carbons (Fsp3) is 0.105. The summed E-state index contributed by atoms with van der Waals surface area (Å²) in [4.78, 5) is 25.0. The Morgan fingerprint density at radius 1 is 0.964 bits per heavy atom. The molecular weight excluding hydrogens is 410 g/mol. The fourth-order valence-corrected chi connectivity index (χ4v) is 3.07. The van der Waals surface area contributed by atoms with Crippen molar-refractivity contribution in [1.82, 2.24) is 9.78 Å². The van der Waals surface area contributed by atoms with E-state index >= 15 is 0 Å². The predicted molar refractivity (Wildman–Crippen MR) is 102 cm³/mol. The molecule has 0 bridgehead atoms. The molecule has 0 spiro atoms. The van der Waals surface area contributed by atoms with Crippen molar-refractivity contribution in [2.24, 2.45) is 0 Å². The van der Waals surface area contributed by atoms with Crippen molar-refractivity contribution in [3.63, 3.8) is 0 Å². The minimum Gasteiger partial charge on any atom is -0.465 e. The number of hydrogen-bond donors (Lipinski definition) is 0. The molecule has 0 aliphatic rings. The fourth-order valence-electron chi connectivity index (χ4n) is 2.67. The summed E-state index contributed by atoms with van der Waals surface area (Å²) in [7, 11) is 2.28. The van der Waals surface area contributed by atoms with Crippen LogP contribution in [-0.4, -0.2) is 35.9 Å².